The number of rotatable bonds is 6. The number of hydrogen-bond acceptors (Lipinski definition) is 10. The van der Waals surface area contributed by atoms with Crippen molar-refractivity contribution in [2.24, 2.45) is 0 Å². The number of nitrogens with two attached hydrogens (primary N) is 4. The van der Waals surface area contributed by atoms with E-state index < -0.39 is 11.6 Å². The Kier molecular flexibility index (Phi) is 5.92. The van der Waals surface area contributed by atoms with E-state index in [1.54, 1.807) is 48.5 Å². The molecule has 0 aromatic heterocycles. The highest BCUT2D eigenvalue weighted by molar-refractivity contribution is 6.35. The van der Waals surface area contributed by atoms with Crippen LogP contribution >= 0.6 is 0 Å². The summed E-state index contributed by atoms with van der Waals surface area (Å²) in [5, 5.41) is 0. The second-order valence-electron chi connectivity index (χ2n) is 8.48. The third-order valence-corrected chi connectivity index (χ3v) is 6.17. The molecule has 0 bridgehead atoms. The number of carbonyl (C=O) groups is 2. The van der Waals surface area contributed by atoms with Gasteiger partial charge in [0.25, 0.3) is 0 Å². The van der Waals surface area contributed by atoms with Gasteiger partial charge in [-0.05, 0) is 24.3 Å². The van der Waals surface area contributed by atoms with Gasteiger partial charge in [0.05, 0.1) is 47.8 Å². The van der Waals surface area contributed by atoms with Crippen molar-refractivity contribution in [1.29, 1.82) is 0 Å². The number of ether oxygens (including phenoxy) is 4. The normalized spacial score (nSPS) is 11.9. The molecule has 1 aliphatic rings. The molecule has 0 amide bonds. The minimum Gasteiger partial charge on any atom is -0.497 e. The second-order valence-corrected chi connectivity index (χ2v) is 8.48. The highest BCUT2D eigenvalue weighted by atomic mass is 16.5. The molecule has 0 unspecified atom stereocenters. The Hall–Kier alpha value is -5.38. The fraction of sp³-hybridized carbons (Fsp3) is 0.0714. The molecule has 0 radical (unpaired) electrons. The minimum atomic E-state index is -0.629. The van der Waals surface area contributed by atoms with Gasteiger partial charge in [0, 0.05) is 35.6 Å². The summed E-state index contributed by atoms with van der Waals surface area (Å²) in [4.78, 5) is 27.4. The summed E-state index contributed by atoms with van der Waals surface area (Å²) in [5.74, 6) is 0.868. The van der Waals surface area contributed by atoms with Crippen LogP contribution in [0.5, 0.6) is 34.5 Å². The predicted molar refractivity (Wildman–Crippen MR) is 144 cm³/mol. The topological polar surface area (TPSA) is 175 Å². The maximum Gasteiger partial charge on any atom is 0.199 e. The molecule has 8 N–H and O–H groups in total. The van der Waals surface area contributed by atoms with Crippen LogP contribution in [-0.4, -0.2) is 25.8 Å². The van der Waals surface area contributed by atoms with Crippen LogP contribution < -0.4 is 41.9 Å². The Morgan fingerprint density at radius 3 is 1.29 bits per heavy atom. The first-order valence-electron chi connectivity index (χ1n) is 11.4. The largest absolute Gasteiger partial charge is 0.497 e. The van der Waals surface area contributed by atoms with Gasteiger partial charge in [-0.1, -0.05) is 12.1 Å². The average molecular weight is 513 g/mol. The molecule has 4 aromatic carbocycles. The van der Waals surface area contributed by atoms with Gasteiger partial charge in [-0.3, -0.25) is 9.59 Å². The first-order valence-corrected chi connectivity index (χ1v) is 11.4. The monoisotopic (exact) mass is 512 g/mol. The fourth-order valence-electron chi connectivity index (χ4n) is 4.35. The van der Waals surface area contributed by atoms with E-state index in [0.29, 0.717) is 23.0 Å². The Morgan fingerprint density at radius 2 is 0.895 bits per heavy atom. The summed E-state index contributed by atoms with van der Waals surface area (Å²) in [6.45, 7) is 0. The van der Waals surface area contributed by atoms with Crippen LogP contribution in [0.4, 0.5) is 22.7 Å². The first-order chi connectivity index (χ1) is 18.2. The average Bonchev–Trinajstić information content (AvgIpc) is 2.91. The van der Waals surface area contributed by atoms with Crippen molar-refractivity contribution in [3.63, 3.8) is 0 Å². The lowest BCUT2D eigenvalue weighted by Crippen LogP contribution is -2.26. The van der Waals surface area contributed by atoms with E-state index in [0.717, 1.165) is 0 Å². The van der Waals surface area contributed by atoms with Gasteiger partial charge in [0.15, 0.2) is 23.1 Å². The molecular weight excluding hydrogens is 488 g/mol. The number of ketones is 2. The molecule has 192 valence electrons. The van der Waals surface area contributed by atoms with Crippen molar-refractivity contribution in [2.75, 3.05) is 37.2 Å². The van der Waals surface area contributed by atoms with Gasteiger partial charge in [-0.2, -0.15) is 0 Å². The molecule has 38 heavy (non-hydrogen) atoms. The molecule has 0 heterocycles. The van der Waals surface area contributed by atoms with E-state index >= 15 is 0 Å². The summed E-state index contributed by atoms with van der Waals surface area (Å²) in [6, 6.07) is 16.4. The molecule has 10 heteroatoms. The molecular formula is C28H24N4O6. The van der Waals surface area contributed by atoms with Gasteiger partial charge < -0.3 is 41.9 Å². The van der Waals surface area contributed by atoms with Gasteiger partial charge in [0.1, 0.15) is 23.0 Å². The van der Waals surface area contributed by atoms with Crippen molar-refractivity contribution in [2.45, 2.75) is 0 Å². The third kappa shape index (κ3) is 3.94. The van der Waals surface area contributed by atoms with Crippen LogP contribution in [0.1, 0.15) is 31.8 Å². The lowest BCUT2D eigenvalue weighted by molar-refractivity contribution is 0.0981. The van der Waals surface area contributed by atoms with E-state index in [9.17, 15) is 9.59 Å². The molecule has 0 aliphatic heterocycles. The van der Waals surface area contributed by atoms with Crippen LogP contribution in [0.3, 0.4) is 0 Å². The molecule has 1 aliphatic carbocycles. The molecule has 0 saturated heterocycles. The van der Waals surface area contributed by atoms with Crippen molar-refractivity contribution >= 4 is 34.3 Å². The van der Waals surface area contributed by atoms with Gasteiger partial charge in [0.2, 0.25) is 0 Å². The Labute approximate surface area is 217 Å². The molecule has 5 rings (SSSR count). The van der Waals surface area contributed by atoms with Gasteiger partial charge >= 0.3 is 0 Å². The van der Waals surface area contributed by atoms with Crippen LogP contribution in [0.25, 0.3) is 0 Å². The Balaban J connectivity index is 1.61. The van der Waals surface area contributed by atoms with Crippen LogP contribution in [0, 0.1) is 0 Å². The lowest BCUT2D eigenvalue weighted by Gasteiger charge is -2.25. The standard InChI is InChI=1S/C28H24N4O6/c1-35-13-5-3-7-15(9-13)37-19-11-17(29)21-23(25(19)31)28(34)24-22(27(21)33)18(30)12-20(26(24)32)38-16-8-4-6-14(10-16)36-2/h3-12H,29-32H2,1-2H3. The van der Waals surface area contributed by atoms with E-state index in [1.165, 1.54) is 26.4 Å². The van der Waals surface area contributed by atoms with Crippen molar-refractivity contribution < 1.29 is 28.5 Å². The maximum atomic E-state index is 13.8. The van der Waals surface area contributed by atoms with Gasteiger partial charge in [-0.15, -0.1) is 0 Å². The zero-order valence-corrected chi connectivity index (χ0v) is 20.5. The van der Waals surface area contributed by atoms with Gasteiger partial charge in [-0.25, -0.2) is 0 Å². The SMILES string of the molecule is COc1cccc(Oc2cc(N)c3c(c2N)C(=O)c2c(N)c(Oc4cccc(OC)c4)cc(N)c2C3=O)c1. The van der Waals surface area contributed by atoms with Crippen LogP contribution in [0.2, 0.25) is 0 Å². The van der Waals surface area contributed by atoms with E-state index in [2.05, 4.69) is 0 Å². The van der Waals surface area contributed by atoms with Crippen molar-refractivity contribution in [3.05, 3.63) is 82.9 Å². The summed E-state index contributed by atoms with van der Waals surface area (Å²) in [5.41, 5.74) is 24.7. The zero-order chi connectivity index (χ0) is 27.1. The van der Waals surface area contributed by atoms with Crippen LogP contribution in [0.15, 0.2) is 60.7 Å². The van der Waals surface area contributed by atoms with E-state index in [1.807, 2.05) is 0 Å². The number of hydrogen-bond donors (Lipinski definition) is 4. The molecule has 0 spiro atoms. The molecule has 0 atom stereocenters. The highest BCUT2D eigenvalue weighted by Gasteiger charge is 2.38. The first kappa shape index (κ1) is 24.3. The summed E-state index contributed by atoms with van der Waals surface area (Å²) in [6.07, 6.45) is 0. The smallest absolute Gasteiger partial charge is 0.199 e. The van der Waals surface area contributed by atoms with E-state index in [4.69, 9.17) is 41.9 Å². The Morgan fingerprint density at radius 1 is 0.526 bits per heavy atom. The number of benzene rings is 4. The highest BCUT2D eigenvalue weighted by Crippen LogP contribution is 2.46. The van der Waals surface area contributed by atoms with E-state index in [-0.39, 0.29) is 56.5 Å². The maximum absolute atomic E-state index is 13.8. The molecule has 0 saturated carbocycles. The summed E-state index contributed by atoms with van der Waals surface area (Å²) >= 11 is 0. The minimum absolute atomic E-state index is 0.00535. The number of anilines is 4. The third-order valence-electron chi connectivity index (χ3n) is 6.17. The molecule has 10 nitrogen and oxygen atoms in total. The lowest BCUT2D eigenvalue weighted by atomic mass is 9.80. The second kappa shape index (κ2) is 9.25. The predicted octanol–water partition coefficient (Wildman–Crippen LogP) is 4.39. The molecule has 4 aromatic rings. The summed E-state index contributed by atoms with van der Waals surface area (Å²) < 4.78 is 22.3. The van der Waals surface area contributed by atoms with Crippen LogP contribution in [-0.2, 0) is 0 Å². The number of methoxy groups -OCH3 is 2. The number of nitrogen functional groups attached to an aromatic ring is 4. The summed E-state index contributed by atoms with van der Waals surface area (Å²) in [7, 11) is 3.04. The number of fused-ring (bicyclic) bond motifs is 2. The molecule has 0 fully saturated rings. The van der Waals surface area contributed by atoms with Crippen molar-refractivity contribution in [1.82, 2.24) is 0 Å². The number of carbonyl (C=O) groups excluding carboxylic acids is 2. The Bertz CT molecular complexity index is 1520. The quantitative estimate of drug-likeness (QED) is 0.239. The van der Waals surface area contributed by atoms with Crippen molar-refractivity contribution in [3.8, 4) is 34.5 Å². The fourth-order valence-corrected chi connectivity index (χ4v) is 4.35. The zero-order valence-electron chi connectivity index (χ0n) is 20.5.